The Kier molecular flexibility index (Phi) is 6.71. The molecule has 1 atom stereocenters. The molecule has 1 aromatic rings. The van der Waals surface area contributed by atoms with Crippen LogP contribution in [0.15, 0.2) is 18.2 Å². The Morgan fingerprint density at radius 1 is 1.22 bits per heavy atom. The van der Waals surface area contributed by atoms with Gasteiger partial charge in [-0.1, -0.05) is 20.8 Å². The van der Waals surface area contributed by atoms with Gasteiger partial charge in [-0.15, -0.1) is 0 Å². The Morgan fingerprint density at radius 2 is 1.87 bits per heavy atom. The van der Waals surface area contributed by atoms with Crippen molar-refractivity contribution < 1.29 is 14.3 Å². The third-order valence-electron chi connectivity index (χ3n) is 4.07. The number of benzene rings is 1. The molecular formula is C18H28N2O3. The Hall–Kier alpha value is -1.75. The van der Waals surface area contributed by atoms with E-state index in [2.05, 4.69) is 24.5 Å². The molecule has 0 aliphatic carbocycles. The average Bonchev–Trinajstić information content (AvgIpc) is 2.50. The van der Waals surface area contributed by atoms with Gasteiger partial charge in [0.1, 0.15) is 0 Å². The van der Waals surface area contributed by atoms with Crippen molar-refractivity contribution in [2.75, 3.05) is 31.6 Å². The number of anilines is 1. The third kappa shape index (κ3) is 4.86. The van der Waals surface area contributed by atoms with E-state index in [0.29, 0.717) is 24.9 Å². The summed E-state index contributed by atoms with van der Waals surface area (Å²) in [6, 6.07) is 5.59. The van der Waals surface area contributed by atoms with Crippen LogP contribution in [0.25, 0.3) is 0 Å². The average molecular weight is 320 g/mol. The quantitative estimate of drug-likeness (QED) is 0.734. The minimum absolute atomic E-state index is 0.00674. The van der Waals surface area contributed by atoms with Gasteiger partial charge < -0.3 is 20.1 Å². The van der Waals surface area contributed by atoms with E-state index in [9.17, 15) is 4.79 Å². The van der Waals surface area contributed by atoms with Crippen molar-refractivity contribution in [3.8, 4) is 11.5 Å². The van der Waals surface area contributed by atoms with Crippen LogP contribution in [0.2, 0.25) is 0 Å². The Bertz CT molecular complexity index is 515. The molecule has 5 nitrogen and oxygen atoms in total. The summed E-state index contributed by atoms with van der Waals surface area (Å²) in [6.45, 7) is 9.23. The topological polar surface area (TPSA) is 59.6 Å². The van der Waals surface area contributed by atoms with E-state index in [4.69, 9.17) is 9.47 Å². The second-order valence-corrected chi connectivity index (χ2v) is 6.05. The van der Waals surface area contributed by atoms with Crippen molar-refractivity contribution in [2.45, 2.75) is 33.6 Å². The molecule has 1 aliphatic heterocycles. The summed E-state index contributed by atoms with van der Waals surface area (Å²) in [7, 11) is 0. The number of amides is 1. The number of carbonyl (C=O) groups is 1. The van der Waals surface area contributed by atoms with Gasteiger partial charge in [-0.25, -0.2) is 0 Å². The maximum Gasteiger partial charge on any atom is 0.227 e. The van der Waals surface area contributed by atoms with Gasteiger partial charge in [-0.05, 0) is 44.0 Å². The van der Waals surface area contributed by atoms with Crippen LogP contribution in [0.4, 0.5) is 5.69 Å². The van der Waals surface area contributed by atoms with E-state index in [0.717, 1.165) is 37.4 Å². The van der Waals surface area contributed by atoms with Gasteiger partial charge in [0.25, 0.3) is 0 Å². The second kappa shape index (κ2) is 8.77. The van der Waals surface area contributed by atoms with Crippen LogP contribution in [-0.4, -0.2) is 32.2 Å². The SMILES string of the molecule is CCCOc1ccc(NC(=O)C(C)C2CNC2)cc1OCCC. The monoisotopic (exact) mass is 320 g/mol. The van der Waals surface area contributed by atoms with Gasteiger partial charge in [-0.2, -0.15) is 0 Å². The summed E-state index contributed by atoms with van der Waals surface area (Å²) in [5, 5.41) is 6.19. The Labute approximate surface area is 138 Å². The molecule has 0 bridgehead atoms. The fourth-order valence-electron chi connectivity index (χ4n) is 2.38. The molecule has 1 saturated heterocycles. The first-order valence-corrected chi connectivity index (χ1v) is 8.56. The highest BCUT2D eigenvalue weighted by Crippen LogP contribution is 2.31. The molecule has 1 fully saturated rings. The maximum absolute atomic E-state index is 12.3. The summed E-state index contributed by atoms with van der Waals surface area (Å²) >= 11 is 0. The molecule has 23 heavy (non-hydrogen) atoms. The zero-order valence-electron chi connectivity index (χ0n) is 14.4. The first-order chi connectivity index (χ1) is 11.2. The van der Waals surface area contributed by atoms with Crippen molar-refractivity contribution in [3.63, 3.8) is 0 Å². The third-order valence-corrected chi connectivity index (χ3v) is 4.07. The van der Waals surface area contributed by atoms with E-state index in [1.54, 1.807) is 0 Å². The Balaban J connectivity index is 2.04. The smallest absolute Gasteiger partial charge is 0.227 e. The number of nitrogens with one attached hydrogen (secondary N) is 2. The highest BCUT2D eigenvalue weighted by molar-refractivity contribution is 5.93. The summed E-state index contributed by atoms with van der Waals surface area (Å²) in [5.41, 5.74) is 0.754. The Morgan fingerprint density at radius 3 is 2.43 bits per heavy atom. The largest absolute Gasteiger partial charge is 0.490 e. The van der Waals surface area contributed by atoms with Crippen molar-refractivity contribution in [2.24, 2.45) is 11.8 Å². The predicted octanol–water partition coefficient (Wildman–Crippen LogP) is 3.06. The molecule has 5 heteroatoms. The number of rotatable bonds is 9. The molecule has 0 spiro atoms. The van der Waals surface area contributed by atoms with Crippen LogP contribution >= 0.6 is 0 Å². The zero-order chi connectivity index (χ0) is 16.7. The molecule has 1 aliphatic rings. The van der Waals surface area contributed by atoms with Crippen molar-refractivity contribution >= 4 is 11.6 Å². The van der Waals surface area contributed by atoms with Crippen LogP contribution in [0, 0.1) is 11.8 Å². The highest BCUT2D eigenvalue weighted by atomic mass is 16.5. The molecule has 1 unspecified atom stereocenters. The first kappa shape index (κ1) is 17.6. The van der Waals surface area contributed by atoms with Crippen molar-refractivity contribution in [3.05, 3.63) is 18.2 Å². The van der Waals surface area contributed by atoms with Crippen LogP contribution in [-0.2, 0) is 4.79 Å². The van der Waals surface area contributed by atoms with Gasteiger partial charge in [0.15, 0.2) is 11.5 Å². The summed E-state index contributed by atoms with van der Waals surface area (Å²) in [5.74, 6) is 1.91. The van der Waals surface area contributed by atoms with E-state index in [-0.39, 0.29) is 11.8 Å². The number of carbonyl (C=O) groups excluding carboxylic acids is 1. The summed E-state index contributed by atoms with van der Waals surface area (Å²) in [4.78, 5) is 12.3. The van der Waals surface area contributed by atoms with Crippen molar-refractivity contribution in [1.82, 2.24) is 5.32 Å². The first-order valence-electron chi connectivity index (χ1n) is 8.56. The number of ether oxygens (including phenoxy) is 2. The number of hydrogen-bond acceptors (Lipinski definition) is 4. The van der Waals surface area contributed by atoms with Gasteiger partial charge in [0.2, 0.25) is 5.91 Å². The molecule has 1 heterocycles. The predicted molar refractivity (Wildman–Crippen MR) is 92.2 cm³/mol. The lowest BCUT2D eigenvalue weighted by atomic mass is 9.88. The molecule has 2 N–H and O–H groups in total. The minimum atomic E-state index is 0.00674. The van der Waals surface area contributed by atoms with E-state index in [1.807, 2.05) is 25.1 Å². The van der Waals surface area contributed by atoms with Crippen LogP contribution in [0.1, 0.15) is 33.6 Å². The lowest BCUT2D eigenvalue weighted by Crippen LogP contribution is -2.48. The fraction of sp³-hybridized carbons (Fsp3) is 0.611. The molecule has 0 radical (unpaired) electrons. The maximum atomic E-state index is 12.3. The van der Waals surface area contributed by atoms with E-state index >= 15 is 0 Å². The number of hydrogen-bond donors (Lipinski definition) is 2. The summed E-state index contributed by atoms with van der Waals surface area (Å²) < 4.78 is 11.5. The van der Waals surface area contributed by atoms with Crippen LogP contribution in [0.3, 0.4) is 0 Å². The lowest BCUT2D eigenvalue weighted by molar-refractivity contribution is -0.121. The molecule has 2 rings (SSSR count). The molecule has 0 aromatic heterocycles. The summed E-state index contributed by atoms with van der Waals surface area (Å²) in [6.07, 6.45) is 1.87. The highest BCUT2D eigenvalue weighted by Gasteiger charge is 2.28. The standard InChI is InChI=1S/C18H28N2O3/c1-4-8-22-16-7-6-15(10-17(16)23-9-5-2)20-18(21)13(3)14-11-19-12-14/h6-7,10,13-14,19H,4-5,8-9,11-12H2,1-3H3,(H,20,21). The van der Waals surface area contributed by atoms with E-state index < -0.39 is 0 Å². The molecule has 0 saturated carbocycles. The van der Waals surface area contributed by atoms with E-state index in [1.165, 1.54) is 0 Å². The van der Waals surface area contributed by atoms with Crippen LogP contribution < -0.4 is 20.1 Å². The zero-order valence-corrected chi connectivity index (χ0v) is 14.4. The second-order valence-electron chi connectivity index (χ2n) is 6.05. The normalized spacial score (nSPS) is 15.6. The molecule has 128 valence electrons. The van der Waals surface area contributed by atoms with Gasteiger partial charge >= 0.3 is 0 Å². The fourth-order valence-corrected chi connectivity index (χ4v) is 2.38. The minimum Gasteiger partial charge on any atom is -0.490 e. The van der Waals surface area contributed by atoms with Crippen LogP contribution in [0.5, 0.6) is 11.5 Å². The molecule has 1 amide bonds. The van der Waals surface area contributed by atoms with Gasteiger partial charge in [-0.3, -0.25) is 4.79 Å². The van der Waals surface area contributed by atoms with Gasteiger partial charge in [0, 0.05) is 17.7 Å². The van der Waals surface area contributed by atoms with Crippen molar-refractivity contribution in [1.29, 1.82) is 0 Å². The molecular weight excluding hydrogens is 292 g/mol. The lowest BCUT2D eigenvalue weighted by Gasteiger charge is -2.31. The molecule has 1 aromatic carbocycles. The van der Waals surface area contributed by atoms with Gasteiger partial charge in [0.05, 0.1) is 13.2 Å².